The summed E-state index contributed by atoms with van der Waals surface area (Å²) in [7, 11) is 0. The predicted octanol–water partition coefficient (Wildman–Crippen LogP) is 2.33. The maximum atomic E-state index is 11.9. The van der Waals surface area contributed by atoms with Crippen LogP contribution in [0.5, 0.6) is 0 Å². The van der Waals surface area contributed by atoms with Crippen molar-refractivity contribution < 1.29 is 19.1 Å². The third kappa shape index (κ3) is 2.82. The van der Waals surface area contributed by atoms with Gasteiger partial charge < -0.3 is 9.52 Å². The fourth-order valence-corrected chi connectivity index (χ4v) is 2.86. The second-order valence-electron chi connectivity index (χ2n) is 3.30. The van der Waals surface area contributed by atoms with Crippen LogP contribution in [0.3, 0.4) is 0 Å². The molecule has 0 aromatic carbocycles. The fraction of sp³-hybridized carbons (Fsp3) is 0.100. The number of halogens is 1. The zero-order valence-corrected chi connectivity index (χ0v) is 12.0. The molecule has 5 nitrogen and oxygen atoms in total. The van der Waals surface area contributed by atoms with Gasteiger partial charge in [-0.2, -0.15) is 0 Å². The topological polar surface area (TPSA) is 70.8 Å². The molecule has 0 bridgehead atoms. The van der Waals surface area contributed by atoms with Crippen molar-refractivity contribution in [1.29, 1.82) is 0 Å². The van der Waals surface area contributed by atoms with Gasteiger partial charge >= 0.3 is 5.97 Å². The van der Waals surface area contributed by atoms with Gasteiger partial charge in [0.15, 0.2) is 4.67 Å². The van der Waals surface area contributed by atoms with Crippen molar-refractivity contribution in [3.63, 3.8) is 0 Å². The first kappa shape index (κ1) is 13.3. The fourth-order valence-electron chi connectivity index (χ4n) is 1.31. The molecule has 2 heterocycles. The monoisotopic (exact) mass is 347 g/mol. The number of nitrogens with zero attached hydrogens (tertiary/aromatic N) is 1. The summed E-state index contributed by atoms with van der Waals surface area (Å²) in [6.45, 7) is -0.427. The van der Waals surface area contributed by atoms with Gasteiger partial charge in [-0.25, -0.2) is 0 Å². The highest BCUT2D eigenvalue weighted by Crippen LogP contribution is 2.32. The van der Waals surface area contributed by atoms with Crippen LogP contribution < -0.4 is 0 Å². The summed E-state index contributed by atoms with van der Waals surface area (Å²) in [5, 5.41) is 8.68. The summed E-state index contributed by atoms with van der Waals surface area (Å²) in [4.78, 5) is 23.9. The van der Waals surface area contributed by atoms with Crippen LogP contribution in [0.1, 0.15) is 5.76 Å². The first-order valence-corrected chi connectivity index (χ1v) is 6.71. The number of hydrogen-bond donors (Lipinski definition) is 1. The van der Waals surface area contributed by atoms with E-state index in [2.05, 4.69) is 15.9 Å². The molecule has 0 saturated carbocycles. The summed E-state index contributed by atoms with van der Waals surface area (Å²) in [5.74, 6) is -1.02. The minimum atomic E-state index is -1.10. The Morgan fingerprint density at radius 2 is 2.33 bits per heavy atom. The Balaban J connectivity index is 2.22. The molecule has 0 aliphatic carbocycles. The average Bonchev–Trinajstić information content (AvgIpc) is 2.78. The lowest BCUT2D eigenvalue weighted by atomic mass is 10.3. The molecule has 94 valence electrons. The van der Waals surface area contributed by atoms with Crippen molar-refractivity contribution in [2.24, 2.45) is 0 Å². The van der Waals surface area contributed by atoms with Crippen molar-refractivity contribution in [1.82, 2.24) is 4.90 Å². The molecule has 18 heavy (non-hydrogen) atoms. The number of amides is 1. The van der Waals surface area contributed by atoms with E-state index >= 15 is 0 Å². The number of thiocarbonyl (C=S) groups is 1. The molecular weight excluding hydrogens is 342 g/mol. The Morgan fingerprint density at radius 3 is 2.89 bits per heavy atom. The molecule has 1 amide bonds. The van der Waals surface area contributed by atoms with E-state index in [1.54, 1.807) is 12.1 Å². The van der Waals surface area contributed by atoms with E-state index < -0.39 is 18.4 Å². The molecule has 0 spiro atoms. The molecular formula is C10H6BrNO4S2. The molecule has 1 saturated heterocycles. The number of carbonyl (C=O) groups excluding carboxylic acids is 1. The molecule has 1 aliphatic rings. The maximum Gasteiger partial charge on any atom is 0.323 e. The Hall–Kier alpha value is -1.12. The summed E-state index contributed by atoms with van der Waals surface area (Å²) in [6.07, 6.45) is 1.53. The lowest BCUT2D eigenvalue weighted by Crippen LogP contribution is -2.33. The van der Waals surface area contributed by atoms with Crippen molar-refractivity contribution in [3.8, 4) is 0 Å². The first-order chi connectivity index (χ1) is 8.47. The second kappa shape index (κ2) is 5.25. The minimum absolute atomic E-state index is 0.235. The molecule has 0 atom stereocenters. The highest BCUT2D eigenvalue weighted by Gasteiger charge is 2.33. The third-order valence-electron chi connectivity index (χ3n) is 2.03. The molecule has 0 unspecified atom stereocenters. The molecule has 1 fully saturated rings. The van der Waals surface area contributed by atoms with E-state index in [9.17, 15) is 9.59 Å². The Kier molecular flexibility index (Phi) is 3.88. The SMILES string of the molecule is O=C(O)CN1C(=O)C(=Cc2ccc(Br)o2)SC1=S. The number of rotatable bonds is 3. The average molecular weight is 348 g/mol. The molecule has 2 rings (SSSR count). The molecule has 1 aromatic heterocycles. The van der Waals surface area contributed by atoms with Gasteiger partial charge in [-0.1, -0.05) is 24.0 Å². The van der Waals surface area contributed by atoms with Crippen molar-refractivity contribution in [2.75, 3.05) is 6.54 Å². The van der Waals surface area contributed by atoms with Crippen LogP contribution in [0.2, 0.25) is 0 Å². The van der Waals surface area contributed by atoms with Crippen molar-refractivity contribution in [3.05, 3.63) is 27.5 Å². The number of carbonyl (C=O) groups is 2. The van der Waals surface area contributed by atoms with Crippen molar-refractivity contribution in [2.45, 2.75) is 0 Å². The van der Waals surface area contributed by atoms with Crippen LogP contribution in [0.25, 0.3) is 6.08 Å². The summed E-state index contributed by atoms with van der Waals surface area (Å²) >= 11 is 9.17. The zero-order valence-electron chi connectivity index (χ0n) is 8.75. The summed E-state index contributed by atoms with van der Waals surface area (Å²) in [6, 6.07) is 3.39. The van der Waals surface area contributed by atoms with Gasteiger partial charge in [-0.3, -0.25) is 14.5 Å². The van der Waals surface area contributed by atoms with Gasteiger partial charge in [-0.15, -0.1) is 0 Å². The quantitative estimate of drug-likeness (QED) is 0.668. The van der Waals surface area contributed by atoms with E-state index in [0.717, 1.165) is 16.7 Å². The number of carboxylic acid groups (broad SMARTS) is 1. The Bertz CT molecular complexity index is 566. The number of hydrogen-bond acceptors (Lipinski definition) is 5. The third-order valence-corrected chi connectivity index (χ3v) is 3.84. The van der Waals surface area contributed by atoms with Crippen LogP contribution in [0, 0.1) is 0 Å². The molecule has 1 N–H and O–H groups in total. The first-order valence-electron chi connectivity index (χ1n) is 4.70. The Morgan fingerprint density at radius 1 is 1.61 bits per heavy atom. The van der Waals surface area contributed by atoms with E-state index in [1.807, 2.05) is 0 Å². The van der Waals surface area contributed by atoms with E-state index in [0.29, 0.717) is 15.3 Å². The second-order valence-corrected chi connectivity index (χ2v) is 5.76. The lowest BCUT2D eigenvalue weighted by Gasteiger charge is -2.09. The van der Waals surface area contributed by atoms with Gasteiger partial charge in [0.05, 0.1) is 4.91 Å². The van der Waals surface area contributed by atoms with E-state index in [4.69, 9.17) is 21.7 Å². The zero-order chi connectivity index (χ0) is 13.3. The molecule has 8 heteroatoms. The highest BCUT2D eigenvalue weighted by atomic mass is 79.9. The summed E-state index contributed by atoms with van der Waals surface area (Å²) < 4.78 is 6.03. The van der Waals surface area contributed by atoms with Gasteiger partial charge in [0.25, 0.3) is 5.91 Å². The van der Waals surface area contributed by atoms with Crippen LogP contribution in [-0.2, 0) is 9.59 Å². The van der Waals surface area contributed by atoms with Gasteiger partial charge in [-0.05, 0) is 28.1 Å². The van der Waals surface area contributed by atoms with Gasteiger partial charge in [0.2, 0.25) is 0 Å². The predicted molar refractivity (Wildman–Crippen MR) is 73.9 cm³/mol. The largest absolute Gasteiger partial charge is 0.480 e. The van der Waals surface area contributed by atoms with Crippen LogP contribution >= 0.6 is 39.9 Å². The molecule has 1 aliphatic heterocycles. The van der Waals surface area contributed by atoms with Crippen LogP contribution in [0.15, 0.2) is 26.1 Å². The number of aliphatic carboxylic acids is 1. The standard InChI is InChI=1S/C10H6BrNO4S2/c11-7-2-1-5(16-7)3-6-9(15)12(4-8(13)14)10(17)18-6/h1-3H,4H2,(H,13,14). The highest BCUT2D eigenvalue weighted by molar-refractivity contribution is 9.10. The number of thioether (sulfide) groups is 1. The summed E-state index contributed by atoms with van der Waals surface area (Å²) in [5.41, 5.74) is 0. The van der Waals surface area contributed by atoms with Crippen LogP contribution in [-0.4, -0.2) is 32.7 Å². The normalized spacial score (nSPS) is 17.8. The number of carboxylic acids is 1. The van der Waals surface area contributed by atoms with E-state index in [-0.39, 0.29) is 4.32 Å². The minimum Gasteiger partial charge on any atom is -0.480 e. The van der Waals surface area contributed by atoms with Crippen LogP contribution in [0.4, 0.5) is 0 Å². The molecule has 0 radical (unpaired) electrons. The molecule has 1 aromatic rings. The lowest BCUT2D eigenvalue weighted by molar-refractivity contribution is -0.140. The smallest absolute Gasteiger partial charge is 0.323 e. The van der Waals surface area contributed by atoms with Gasteiger partial charge in [0.1, 0.15) is 16.6 Å². The number of furan rings is 1. The Labute approximate surface area is 120 Å². The van der Waals surface area contributed by atoms with E-state index in [1.165, 1.54) is 6.08 Å². The van der Waals surface area contributed by atoms with Crippen molar-refractivity contribution >= 4 is 62.2 Å². The van der Waals surface area contributed by atoms with Gasteiger partial charge in [0, 0.05) is 6.08 Å². The maximum absolute atomic E-state index is 11.9.